The number of anilines is 1. The van der Waals surface area contributed by atoms with Gasteiger partial charge in [-0.3, -0.25) is 4.99 Å². The normalized spacial score (nSPS) is 14.0. The number of aliphatic imine (C=N–C) groups is 1. The predicted octanol–water partition coefficient (Wildman–Crippen LogP) is 5.37. The van der Waals surface area contributed by atoms with Gasteiger partial charge in [-0.1, -0.05) is 53.5 Å². The average Bonchev–Trinajstić information content (AvgIpc) is 2.68. The number of hydrogen-bond donors (Lipinski definition) is 0. The SMILES string of the molecule is CN1CCN=C(/C=C/c2ccc(Cl)c(Cl)c2)c2ccccc21.Cl. The van der Waals surface area contributed by atoms with E-state index in [1.165, 1.54) is 5.69 Å². The van der Waals surface area contributed by atoms with Crippen LogP contribution in [0.2, 0.25) is 10.0 Å². The summed E-state index contributed by atoms with van der Waals surface area (Å²) in [7, 11) is 2.10. The first kappa shape index (κ1) is 17.9. The molecule has 0 atom stereocenters. The highest BCUT2D eigenvalue weighted by Gasteiger charge is 2.13. The van der Waals surface area contributed by atoms with E-state index in [-0.39, 0.29) is 12.4 Å². The number of nitrogens with zero attached hydrogens (tertiary/aromatic N) is 2. The quantitative estimate of drug-likeness (QED) is 0.697. The molecule has 23 heavy (non-hydrogen) atoms. The fourth-order valence-corrected chi connectivity index (χ4v) is 2.79. The number of benzodiazepines with no additional fused rings is 1. The van der Waals surface area contributed by atoms with E-state index < -0.39 is 0 Å². The highest BCUT2D eigenvalue weighted by atomic mass is 35.5. The van der Waals surface area contributed by atoms with Crippen LogP contribution in [0.3, 0.4) is 0 Å². The van der Waals surface area contributed by atoms with Gasteiger partial charge in [0.1, 0.15) is 0 Å². The van der Waals surface area contributed by atoms with Crippen molar-refractivity contribution >= 4 is 53.1 Å². The van der Waals surface area contributed by atoms with E-state index in [0.717, 1.165) is 29.9 Å². The van der Waals surface area contributed by atoms with Crippen molar-refractivity contribution in [1.29, 1.82) is 0 Å². The summed E-state index contributed by atoms with van der Waals surface area (Å²) >= 11 is 12.0. The molecule has 0 fully saturated rings. The largest absolute Gasteiger partial charge is 0.372 e. The van der Waals surface area contributed by atoms with Gasteiger partial charge in [-0.25, -0.2) is 0 Å². The van der Waals surface area contributed by atoms with Gasteiger partial charge < -0.3 is 4.90 Å². The van der Waals surface area contributed by atoms with Gasteiger partial charge in [-0.2, -0.15) is 0 Å². The van der Waals surface area contributed by atoms with Crippen molar-refractivity contribution in [2.24, 2.45) is 4.99 Å². The first-order valence-corrected chi connectivity index (χ1v) is 7.89. The van der Waals surface area contributed by atoms with Gasteiger partial charge in [0.25, 0.3) is 0 Å². The van der Waals surface area contributed by atoms with Crippen LogP contribution in [0, 0.1) is 0 Å². The topological polar surface area (TPSA) is 15.6 Å². The van der Waals surface area contributed by atoms with E-state index in [0.29, 0.717) is 10.0 Å². The Bertz CT molecular complexity index is 754. The molecule has 0 saturated carbocycles. The van der Waals surface area contributed by atoms with Crippen LogP contribution >= 0.6 is 35.6 Å². The number of para-hydroxylation sites is 1. The molecule has 0 saturated heterocycles. The smallest absolute Gasteiger partial charge is 0.0668 e. The number of hydrogen-bond acceptors (Lipinski definition) is 2. The highest BCUT2D eigenvalue weighted by molar-refractivity contribution is 6.42. The van der Waals surface area contributed by atoms with Crippen LogP contribution in [0.1, 0.15) is 11.1 Å². The van der Waals surface area contributed by atoms with Crippen molar-refractivity contribution in [3.63, 3.8) is 0 Å². The van der Waals surface area contributed by atoms with Gasteiger partial charge in [0.05, 0.1) is 22.3 Å². The number of fused-ring (bicyclic) bond motifs is 1. The summed E-state index contributed by atoms with van der Waals surface area (Å²) in [6, 6.07) is 13.9. The molecular formula is C18H17Cl3N2. The molecule has 2 aromatic rings. The van der Waals surface area contributed by atoms with Crippen molar-refractivity contribution in [2.75, 3.05) is 25.0 Å². The Morgan fingerprint density at radius 3 is 2.61 bits per heavy atom. The Kier molecular flexibility index (Phi) is 6.11. The van der Waals surface area contributed by atoms with Gasteiger partial charge in [0.15, 0.2) is 0 Å². The molecule has 0 spiro atoms. The minimum absolute atomic E-state index is 0. The van der Waals surface area contributed by atoms with Crippen molar-refractivity contribution in [3.8, 4) is 0 Å². The van der Waals surface area contributed by atoms with E-state index in [1.807, 2.05) is 30.4 Å². The summed E-state index contributed by atoms with van der Waals surface area (Å²) in [5, 5.41) is 1.13. The van der Waals surface area contributed by atoms with Gasteiger partial charge in [-0.05, 0) is 29.8 Å². The van der Waals surface area contributed by atoms with E-state index in [9.17, 15) is 0 Å². The zero-order chi connectivity index (χ0) is 15.5. The van der Waals surface area contributed by atoms with Gasteiger partial charge in [0, 0.05) is 24.8 Å². The Balaban J connectivity index is 0.00000192. The number of rotatable bonds is 2. The Morgan fingerprint density at radius 1 is 1.04 bits per heavy atom. The second-order valence-corrected chi connectivity index (χ2v) is 6.03. The Morgan fingerprint density at radius 2 is 1.83 bits per heavy atom. The zero-order valence-corrected chi connectivity index (χ0v) is 15.0. The first-order chi connectivity index (χ1) is 10.6. The lowest BCUT2D eigenvalue weighted by Gasteiger charge is -2.18. The number of likely N-dealkylation sites (N-methyl/N-ethyl adjacent to an activating group) is 1. The molecule has 0 amide bonds. The molecule has 2 nitrogen and oxygen atoms in total. The maximum atomic E-state index is 6.06. The predicted molar refractivity (Wildman–Crippen MR) is 104 cm³/mol. The maximum absolute atomic E-state index is 6.06. The van der Waals surface area contributed by atoms with Crippen LogP contribution in [-0.4, -0.2) is 25.8 Å². The van der Waals surface area contributed by atoms with Crippen molar-refractivity contribution in [3.05, 3.63) is 69.7 Å². The third-order valence-corrected chi connectivity index (χ3v) is 4.43. The summed E-state index contributed by atoms with van der Waals surface area (Å²) in [5.74, 6) is 0. The lowest BCUT2D eigenvalue weighted by Crippen LogP contribution is -2.20. The van der Waals surface area contributed by atoms with Crippen molar-refractivity contribution < 1.29 is 0 Å². The zero-order valence-electron chi connectivity index (χ0n) is 12.7. The van der Waals surface area contributed by atoms with Crippen LogP contribution in [0.4, 0.5) is 5.69 Å². The van der Waals surface area contributed by atoms with Crippen LogP contribution in [0.15, 0.2) is 53.5 Å². The molecule has 1 aliphatic heterocycles. The summed E-state index contributed by atoms with van der Waals surface area (Å²) < 4.78 is 0. The van der Waals surface area contributed by atoms with E-state index in [1.54, 1.807) is 6.07 Å². The summed E-state index contributed by atoms with van der Waals surface area (Å²) in [6.45, 7) is 1.70. The molecule has 2 aromatic carbocycles. The van der Waals surface area contributed by atoms with Crippen LogP contribution in [0.25, 0.3) is 6.08 Å². The summed E-state index contributed by atoms with van der Waals surface area (Å²) in [4.78, 5) is 6.93. The summed E-state index contributed by atoms with van der Waals surface area (Å²) in [6.07, 6.45) is 4.06. The van der Waals surface area contributed by atoms with Crippen molar-refractivity contribution in [1.82, 2.24) is 0 Å². The molecule has 3 rings (SSSR count). The molecular weight excluding hydrogens is 351 g/mol. The molecule has 0 aromatic heterocycles. The fraction of sp³-hybridized carbons (Fsp3) is 0.167. The minimum atomic E-state index is 0. The third kappa shape index (κ3) is 4.08. The van der Waals surface area contributed by atoms with Gasteiger partial charge in [-0.15, -0.1) is 12.4 Å². The molecule has 0 aliphatic carbocycles. The van der Waals surface area contributed by atoms with Crippen LogP contribution in [-0.2, 0) is 0 Å². The van der Waals surface area contributed by atoms with Gasteiger partial charge in [0.2, 0.25) is 0 Å². The second-order valence-electron chi connectivity index (χ2n) is 5.21. The highest BCUT2D eigenvalue weighted by Crippen LogP contribution is 2.25. The second kappa shape index (κ2) is 7.87. The minimum Gasteiger partial charge on any atom is -0.372 e. The van der Waals surface area contributed by atoms with Crippen LogP contribution < -0.4 is 4.90 Å². The molecule has 1 aliphatic rings. The Hall–Kier alpha value is -1.48. The van der Waals surface area contributed by atoms with E-state index in [4.69, 9.17) is 28.2 Å². The molecule has 0 radical (unpaired) electrons. The lowest BCUT2D eigenvalue weighted by atomic mass is 10.1. The van der Waals surface area contributed by atoms with E-state index >= 15 is 0 Å². The maximum Gasteiger partial charge on any atom is 0.0668 e. The monoisotopic (exact) mass is 366 g/mol. The average molecular weight is 368 g/mol. The molecule has 0 bridgehead atoms. The molecule has 0 N–H and O–H groups in total. The van der Waals surface area contributed by atoms with Gasteiger partial charge >= 0.3 is 0 Å². The number of halogens is 3. The number of allylic oxidation sites excluding steroid dienone is 1. The van der Waals surface area contributed by atoms with E-state index in [2.05, 4.69) is 30.1 Å². The Labute approximate surface area is 152 Å². The van der Waals surface area contributed by atoms with Crippen LogP contribution in [0.5, 0.6) is 0 Å². The first-order valence-electron chi connectivity index (χ1n) is 7.13. The molecule has 0 unspecified atom stereocenters. The lowest BCUT2D eigenvalue weighted by molar-refractivity contribution is 0.897. The third-order valence-electron chi connectivity index (χ3n) is 3.69. The fourth-order valence-electron chi connectivity index (χ4n) is 2.48. The molecule has 120 valence electrons. The standard InChI is InChI=1S/C18H16Cl2N2.ClH/c1-22-11-10-21-17(14-4-2-3-5-18(14)22)9-7-13-6-8-15(19)16(20)12-13;/h2-9,12H,10-11H2,1H3;1H/b9-7+;. The summed E-state index contributed by atoms with van der Waals surface area (Å²) in [5.41, 5.74) is 4.36. The van der Waals surface area contributed by atoms with Crippen molar-refractivity contribution in [2.45, 2.75) is 0 Å². The molecule has 5 heteroatoms. The molecule has 1 heterocycles. The number of benzene rings is 2.